The van der Waals surface area contributed by atoms with Gasteiger partial charge in [-0.15, -0.1) is 0 Å². The fraction of sp³-hybridized carbons (Fsp3) is 0.500. The van der Waals surface area contributed by atoms with Gasteiger partial charge < -0.3 is 28.8 Å². The Labute approximate surface area is 173 Å². The van der Waals surface area contributed by atoms with Crippen LogP contribution < -0.4 is 0 Å². The van der Waals surface area contributed by atoms with Gasteiger partial charge in [0, 0.05) is 33.3 Å². The summed E-state index contributed by atoms with van der Waals surface area (Å²) in [5.74, 6) is -5.27. The van der Waals surface area contributed by atoms with E-state index >= 15 is 0 Å². The number of ether oxygens (including phenoxy) is 5. The maximum absolute atomic E-state index is 11.8. The van der Waals surface area contributed by atoms with Crippen molar-refractivity contribution in [3.8, 4) is 0 Å². The van der Waals surface area contributed by atoms with Gasteiger partial charge in [-0.3, -0.25) is 19.2 Å². The van der Waals surface area contributed by atoms with Gasteiger partial charge in [0.1, 0.15) is 12.7 Å². The van der Waals surface area contributed by atoms with Gasteiger partial charge in [0.25, 0.3) is 0 Å². The molecule has 10 heteroatoms. The highest BCUT2D eigenvalue weighted by molar-refractivity contribution is 5.69. The number of hydrogen-bond acceptors (Lipinski definition) is 10. The summed E-state index contributed by atoms with van der Waals surface area (Å²) >= 11 is 0. The molecule has 1 aromatic carbocycles. The number of carbonyl (C=O) groups is 4. The average Bonchev–Trinajstić information content (AvgIpc) is 2.65. The molecule has 1 aliphatic rings. The van der Waals surface area contributed by atoms with Crippen molar-refractivity contribution in [2.45, 2.75) is 57.9 Å². The van der Waals surface area contributed by atoms with Crippen LogP contribution in [0.25, 0.3) is 0 Å². The zero-order chi connectivity index (χ0) is 22.5. The zero-order valence-corrected chi connectivity index (χ0v) is 17.0. The molecule has 5 atom stereocenters. The fourth-order valence-electron chi connectivity index (χ4n) is 3.19. The molecule has 1 heterocycles. The Morgan fingerprint density at radius 2 is 1.40 bits per heavy atom. The molecule has 1 saturated heterocycles. The van der Waals surface area contributed by atoms with E-state index in [4.69, 9.17) is 23.7 Å². The van der Waals surface area contributed by atoms with Crippen molar-refractivity contribution in [3.63, 3.8) is 0 Å². The molecule has 0 saturated carbocycles. The van der Waals surface area contributed by atoms with E-state index in [0.29, 0.717) is 0 Å². The van der Waals surface area contributed by atoms with Crippen LogP contribution >= 0.6 is 0 Å². The Kier molecular flexibility index (Phi) is 7.52. The summed E-state index contributed by atoms with van der Waals surface area (Å²) in [5, 5.41) is 11.5. The molecule has 0 bridgehead atoms. The lowest BCUT2D eigenvalue weighted by atomic mass is 9.87. The normalized spacial score (nSPS) is 28.2. The number of esters is 4. The van der Waals surface area contributed by atoms with Crippen LogP contribution in [0, 0.1) is 0 Å². The van der Waals surface area contributed by atoms with E-state index in [1.54, 1.807) is 18.2 Å². The second-order valence-corrected chi connectivity index (χ2v) is 6.70. The third-order valence-electron chi connectivity index (χ3n) is 4.24. The predicted octanol–water partition coefficient (Wildman–Crippen LogP) is 0.589. The molecule has 0 amide bonds. The minimum Gasteiger partial charge on any atom is -0.463 e. The quantitative estimate of drug-likeness (QED) is 0.510. The van der Waals surface area contributed by atoms with Crippen LogP contribution in [-0.2, 0) is 48.6 Å². The number of rotatable bonds is 6. The van der Waals surface area contributed by atoms with E-state index in [0.717, 1.165) is 27.7 Å². The lowest BCUT2D eigenvalue weighted by Gasteiger charge is -2.48. The molecule has 30 heavy (non-hydrogen) atoms. The van der Waals surface area contributed by atoms with Gasteiger partial charge in [-0.2, -0.15) is 0 Å². The second-order valence-electron chi connectivity index (χ2n) is 6.70. The first-order valence-corrected chi connectivity index (χ1v) is 9.15. The highest BCUT2D eigenvalue weighted by Gasteiger charge is 2.60. The molecule has 0 radical (unpaired) electrons. The van der Waals surface area contributed by atoms with Crippen LogP contribution in [-0.4, -0.2) is 60.0 Å². The van der Waals surface area contributed by atoms with Crippen LogP contribution in [0.1, 0.15) is 33.3 Å². The highest BCUT2D eigenvalue weighted by Crippen LogP contribution is 2.40. The average molecular weight is 424 g/mol. The highest BCUT2D eigenvalue weighted by atomic mass is 16.7. The number of benzene rings is 1. The molecule has 10 nitrogen and oxygen atoms in total. The summed E-state index contributed by atoms with van der Waals surface area (Å²) in [6.45, 7) is 4.06. The van der Waals surface area contributed by atoms with E-state index in [9.17, 15) is 24.3 Å². The number of aliphatic hydroxyl groups is 1. The third kappa shape index (κ3) is 5.55. The van der Waals surface area contributed by atoms with Crippen molar-refractivity contribution in [3.05, 3.63) is 35.9 Å². The molecular weight excluding hydrogens is 400 g/mol. The minimum atomic E-state index is -2.30. The van der Waals surface area contributed by atoms with E-state index in [2.05, 4.69) is 0 Å². The summed E-state index contributed by atoms with van der Waals surface area (Å²) < 4.78 is 26.6. The van der Waals surface area contributed by atoms with Crippen molar-refractivity contribution < 1.29 is 48.0 Å². The van der Waals surface area contributed by atoms with Crippen molar-refractivity contribution in [1.29, 1.82) is 0 Å². The Balaban J connectivity index is 2.59. The van der Waals surface area contributed by atoms with E-state index < -0.39 is 60.7 Å². The Morgan fingerprint density at radius 3 is 1.90 bits per heavy atom. The van der Waals surface area contributed by atoms with E-state index in [1.165, 1.54) is 12.1 Å². The maximum atomic E-state index is 11.8. The van der Waals surface area contributed by atoms with Crippen molar-refractivity contribution >= 4 is 23.9 Å². The monoisotopic (exact) mass is 424 g/mol. The second kappa shape index (κ2) is 9.68. The molecule has 2 rings (SSSR count). The van der Waals surface area contributed by atoms with Gasteiger partial charge in [-0.1, -0.05) is 30.3 Å². The molecule has 164 valence electrons. The van der Waals surface area contributed by atoms with E-state index in [-0.39, 0.29) is 5.56 Å². The van der Waals surface area contributed by atoms with Gasteiger partial charge >= 0.3 is 23.9 Å². The SMILES string of the molecule is CC(=O)OC[C@H]1O[C@](O)(c2ccccc2)[C@H](OC(C)=O)[C@@H](OC(C)=O)[C@@H]1OC(C)=O. The summed E-state index contributed by atoms with van der Waals surface area (Å²) in [6, 6.07) is 7.94. The largest absolute Gasteiger partial charge is 0.463 e. The zero-order valence-electron chi connectivity index (χ0n) is 17.0. The molecule has 0 aromatic heterocycles. The van der Waals surface area contributed by atoms with E-state index in [1.807, 2.05) is 0 Å². The summed E-state index contributed by atoms with van der Waals surface area (Å²) in [5.41, 5.74) is 0.183. The van der Waals surface area contributed by atoms with Crippen molar-refractivity contribution in [2.24, 2.45) is 0 Å². The minimum absolute atomic E-state index is 0.183. The first-order chi connectivity index (χ1) is 14.0. The van der Waals surface area contributed by atoms with Crippen LogP contribution in [0.3, 0.4) is 0 Å². The molecule has 0 aliphatic carbocycles. The lowest BCUT2D eigenvalue weighted by molar-refractivity contribution is -0.360. The van der Waals surface area contributed by atoms with Crippen LogP contribution in [0.2, 0.25) is 0 Å². The third-order valence-corrected chi connectivity index (χ3v) is 4.24. The van der Waals surface area contributed by atoms with Gasteiger partial charge in [-0.25, -0.2) is 0 Å². The van der Waals surface area contributed by atoms with Crippen LogP contribution in [0.5, 0.6) is 0 Å². The molecule has 0 spiro atoms. The molecule has 1 aliphatic heterocycles. The fourth-order valence-corrected chi connectivity index (χ4v) is 3.19. The summed E-state index contributed by atoms with van der Waals surface area (Å²) in [4.78, 5) is 46.6. The van der Waals surface area contributed by atoms with Crippen LogP contribution in [0.15, 0.2) is 30.3 Å². The van der Waals surface area contributed by atoms with Crippen LogP contribution in [0.4, 0.5) is 0 Å². The molecule has 0 unspecified atom stereocenters. The van der Waals surface area contributed by atoms with Gasteiger partial charge in [0.05, 0.1) is 0 Å². The summed E-state index contributed by atoms with van der Waals surface area (Å²) in [6.07, 6.45) is -5.60. The van der Waals surface area contributed by atoms with Crippen molar-refractivity contribution in [1.82, 2.24) is 0 Å². The smallest absolute Gasteiger partial charge is 0.303 e. The molecule has 1 fully saturated rings. The standard InChI is InChI=1S/C20H24O10/c1-11(21)26-10-16-17(27-12(2)22)18(28-13(3)23)19(29-14(4)24)20(25,30-16)15-8-6-5-7-9-15/h5-9,16-19,25H,10H2,1-4H3/t16-,17-,18+,19-,20-/m1/s1. The first kappa shape index (κ1) is 23.3. The number of carbonyl (C=O) groups excluding carboxylic acids is 4. The Hall–Kier alpha value is -2.98. The lowest BCUT2D eigenvalue weighted by Crippen LogP contribution is -2.66. The first-order valence-electron chi connectivity index (χ1n) is 9.15. The Morgan fingerprint density at radius 1 is 0.867 bits per heavy atom. The predicted molar refractivity (Wildman–Crippen MR) is 98.5 cm³/mol. The number of hydrogen-bond donors (Lipinski definition) is 1. The van der Waals surface area contributed by atoms with Gasteiger partial charge in [0.15, 0.2) is 12.2 Å². The molecule has 1 N–H and O–H groups in total. The topological polar surface area (TPSA) is 135 Å². The van der Waals surface area contributed by atoms with Crippen molar-refractivity contribution in [2.75, 3.05) is 6.61 Å². The molecular formula is C20H24O10. The molecule has 1 aromatic rings. The van der Waals surface area contributed by atoms with Gasteiger partial charge in [-0.05, 0) is 0 Å². The maximum Gasteiger partial charge on any atom is 0.303 e. The Bertz CT molecular complexity index is 792. The van der Waals surface area contributed by atoms with Gasteiger partial charge in [0.2, 0.25) is 11.9 Å². The summed E-state index contributed by atoms with van der Waals surface area (Å²) in [7, 11) is 0.